The topological polar surface area (TPSA) is 39.2 Å². The number of ether oxygens (including phenoxy) is 1. The maximum Gasteiger partial charge on any atom is 0.227 e. The number of aldehydes is 1. The summed E-state index contributed by atoms with van der Waals surface area (Å²) in [6.45, 7) is 2.44. The normalized spacial score (nSPS) is 9.50. The molecule has 0 bridgehead atoms. The van der Waals surface area contributed by atoms with Crippen LogP contribution in [0.3, 0.4) is 0 Å². The molecule has 0 amide bonds. The number of carbonyl (C=O) groups is 1. The first-order chi connectivity index (χ1) is 5.77. The summed E-state index contributed by atoms with van der Waals surface area (Å²) >= 11 is 3.24. The van der Waals surface area contributed by atoms with E-state index in [1.807, 2.05) is 6.92 Å². The van der Waals surface area contributed by atoms with Crippen LogP contribution in [0.4, 0.5) is 0 Å². The van der Waals surface area contributed by atoms with Gasteiger partial charge >= 0.3 is 0 Å². The lowest BCUT2D eigenvalue weighted by molar-refractivity contribution is 0.112. The van der Waals surface area contributed by atoms with Crippen molar-refractivity contribution in [2.45, 2.75) is 6.92 Å². The van der Waals surface area contributed by atoms with Gasteiger partial charge in [-0.05, 0) is 28.9 Å². The molecule has 3 nitrogen and oxygen atoms in total. The Labute approximate surface area is 78.9 Å². The third-order valence-electron chi connectivity index (χ3n) is 1.25. The van der Waals surface area contributed by atoms with Crippen molar-refractivity contribution in [3.8, 4) is 5.88 Å². The van der Waals surface area contributed by atoms with Crippen LogP contribution in [-0.2, 0) is 0 Å². The summed E-state index contributed by atoms with van der Waals surface area (Å²) in [6.07, 6.45) is 2.22. The van der Waals surface area contributed by atoms with Crippen LogP contribution in [-0.4, -0.2) is 17.9 Å². The van der Waals surface area contributed by atoms with Gasteiger partial charge < -0.3 is 4.74 Å². The number of hydrogen-bond acceptors (Lipinski definition) is 3. The van der Waals surface area contributed by atoms with Crippen LogP contribution in [0.2, 0.25) is 0 Å². The second-order valence-electron chi connectivity index (χ2n) is 2.11. The molecule has 0 aliphatic carbocycles. The van der Waals surface area contributed by atoms with Crippen LogP contribution < -0.4 is 4.74 Å². The lowest BCUT2D eigenvalue weighted by Gasteiger charge is -2.03. The van der Waals surface area contributed by atoms with Crippen LogP contribution in [0.5, 0.6) is 5.88 Å². The van der Waals surface area contributed by atoms with Gasteiger partial charge in [-0.1, -0.05) is 0 Å². The van der Waals surface area contributed by atoms with E-state index in [2.05, 4.69) is 20.9 Å². The van der Waals surface area contributed by atoms with Crippen LogP contribution in [0.25, 0.3) is 0 Å². The van der Waals surface area contributed by atoms with Gasteiger partial charge in [0, 0.05) is 11.8 Å². The predicted octanol–water partition coefficient (Wildman–Crippen LogP) is 2.06. The molecule has 1 aromatic heterocycles. The molecule has 1 aromatic rings. The molecule has 0 aliphatic heterocycles. The molecular formula is C8H8BrNO2. The van der Waals surface area contributed by atoms with Gasteiger partial charge in [0.05, 0.1) is 11.1 Å². The van der Waals surface area contributed by atoms with Crippen LogP contribution in [0.1, 0.15) is 17.3 Å². The summed E-state index contributed by atoms with van der Waals surface area (Å²) in [5.41, 5.74) is 0.533. The Morgan fingerprint density at radius 1 is 1.75 bits per heavy atom. The van der Waals surface area contributed by atoms with Crippen molar-refractivity contribution in [2.75, 3.05) is 6.61 Å². The third kappa shape index (κ3) is 2.04. The van der Waals surface area contributed by atoms with Crippen molar-refractivity contribution in [2.24, 2.45) is 0 Å². The standard InChI is InChI=1S/C8H8BrNO2/c1-2-12-8-7(9)3-6(5-11)4-10-8/h3-5H,2H2,1H3. The van der Waals surface area contributed by atoms with E-state index in [9.17, 15) is 4.79 Å². The molecule has 1 rings (SSSR count). The van der Waals surface area contributed by atoms with Crippen molar-refractivity contribution < 1.29 is 9.53 Å². The van der Waals surface area contributed by atoms with E-state index in [-0.39, 0.29) is 0 Å². The summed E-state index contributed by atoms with van der Waals surface area (Å²) in [5.74, 6) is 0.517. The number of halogens is 1. The lowest BCUT2D eigenvalue weighted by atomic mass is 10.3. The van der Waals surface area contributed by atoms with E-state index in [0.717, 1.165) is 6.29 Å². The van der Waals surface area contributed by atoms with E-state index in [0.29, 0.717) is 22.5 Å². The molecule has 0 atom stereocenters. The van der Waals surface area contributed by atoms with Gasteiger partial charge in [-0.15, -0.1) is 0 Å². The molecule has 12 heavy (non-hydrogen) atoms. The second kappa shape index (κ2) is 4.21. The fraction of sp³-hybridized carbons (Fsp3) is 0.250. The molecule has 0 N–H and O–H groups in total. The van der Waals surface area contributed by atoms with Crippen LogP contribution >= 0.6 is 15.9 Å². The minimum Gasteiger partial charge on any atom is -0.477 e. The van der Waals surface area contributed by atoms with Crippen molar-refractivity contribution >= 4 is 22.2 Å². The molecule has 1 heterocycles. The summed E-state index contributed by atoms with van der Waals surface area (Å²) in [5, 5.41) is 0. The summed E-state index contributed by atoms with van der Waals surface area (Å²) in [4.78, 5) is 14.3. The highest BCUT2D eigenvalue weighted by Crippen LogP contribution is 2.22. The Morgan fingerprint density at radius 2 is 2.50 bits per heavy atom. The number of nitrogens with zero attached hydrogens (tertiary/aromatic N) is 1. The number of rotatable bonds is 3. The number of aromatic nitrogens is 1. The molecule has 4 heteroatoms. The average molecular weight is 230 g/mol. The first-order valence-electron chi connectivity index (χ1n) is 3.51. The molecule has 0 aliphatic rings. The lowest BCUT2D eigenvalue weighted by Crippen LogP contribution is -1.96. The van der Waals surface area contributed by atoms with E-state index in [1.54, 1.807) is 6.07 Å². The molecule has 0 unspecified atom stereocenters. The molecule has 0 saturated carbocycles. The summed E-state index contributed by atoms with van der Waals surface area (Å²) in [6, 6.07) is 1.67. The van der Waals surface area contributed by atoms with Gasteiger partial charge in [-0.25, -0.2) is 4.98 Å². The van der Waals surface area contributed by atoms with Gasteiger partial charge in [-0.2, -0.15) is 0 Å². The Kier molecular flexibility index (Phi) is 3.22. The van der Waals surface area contributed by atoms with Crippen molar-refractivity contribution in [3.05, 3.63) is 22.3 Å². The SMILES string of the molecule is CCOc1ncc(C=O)cc1Br. The highest BCUT2D eigenvalue weighted by Gasteiger charge is 2.02. The zero-order valence-electron chi connectivity index (χ0n) is 6.58. The van der Waals surface area contributed by atoms with Crippen LogP contribution in [0.15, 0.2) is 16.7 Å². The smallest absolute Gasteiger partial charge is 0.227 e. The average Bonchev–Trinajstić information content (AvgIpc) is 2.09. The Bertz CT molecular complexity index is 288. The van der Waals surface area contributed by atoms with Gasteiger partial charge in [0.1, 0.15) is 0 Å². The Morgan fingerprint density at radius 3 is 3.00 bits per heavy atom. The van der Waals surface area contributed by atoms with E-state index < -0.39 is 0 Å². The van der Waals surface area contributed by atoms with Crippen LogP contribution in [0, 0.1) is 0 Å². The molecule has 0 fully saturated rings. The Hall–Kier alpha value is -0.900. The van der Waals surface area contributed by atoms with Gasteiger partial charge in [0.2, 0.25) is 5.88 Å². The minimum absolute atomic E-state index is 0.517. The fourth-order valence-corrected chi connectivity index (χ4v) is 1.23. The predicted molar refractivity (Wildman–Crippen MR) is 48.5 cm³/mol. The van der Waals surface area contributed by atoms with Crippen molar-refractivity contribution in [3.63, 3.8) is 0 Å². The highest BCUT2D eigenvalue weighted by molar-refractivity contribution is 9.10. The van der Waals surface area contributed by atoms with Crippen molar-refractivity contribution in [1.29, 1.82) is 0 Å². The van der Waals surface area contributed by atoms with Crippen molar-refractivity contribution in [1.82, 2.24) is 4.98 Å². The van der Waals surface area contributed by atoms with Gasteiger partial charge in [0.15, 0.2) is 6.29 Å². The molecule has 0 spiro atoms. The zero-order valence-corrected chi connectivity index (χ0v) is 8.17. The largest absolute Gasteiger partial charge is 0.477 e. The fourth-order valence-electron chi connectivity index (χ4n) is 0.748. The first-order valence-corrected chi connectivity index (χ1v) is 4.30. The minimum atomic E-state index is 0.517. The molecular weight excluding hydrogens is 222 g/mol. The van der Waals surface area contributed by atoms with E-state index >= 15 is 0 Å². The maximum atomic E-state index is 10.3. The van der Waals surface area contributed by atoms with Gasteiger partial charge in [-0.3, -0.25) is 4.79 Å². The maximum absolute atomic E-state index is 10.3. The van der Waals surface area contributed by atoms with Gasteiger partial charge in [0.25, 0.3) is 0 Å². The Balaban J connectivity index is 2.94. The molecule has 64 valence electrons. The summed E-state index contributed by atoms with van der Waals surface area (Å²) in [7, 11) is 0. The number of carbonyl (C=O) groups excluding carboxylic acids is 1. The first kappa shape index (κ1) is 9.19. The highest BCUT2D eigenvalue weighted by atomic mass is 79.9. The monoisotopic (exact) mass is 229 g/mol. The number of pyridine rings is 1. The van der Waals surface area contributed by atoms with E-state index in [1.165, 1.54) is 6.20 Å². The molecule has 0 aromatic carbocycles. The van der Waals surface area contributed by atoms with E-state index in [4.69, 9.17) is 4.74 Å². The summed E-state index contributed by atoms with van der Waals surface area (Å²) < 4.78 is 5.86. The third-order valence-corrected chi connectivity index (χ3v) is 1.81. The second-order valence-corrected chi connectivity index (χ2v) is 2.96. The number of hydrogen-bond donors (Lipinski definition) is 0. The molecule has 0 radical (unpaired) electrons. The quantitative estimate of drug-likeness (QED) is 0.746. The molecule has 0 saturated heterocycles. The zero-order chi connectivity index (χ0) is 8.97.